The molecule has 1 unspecified atom stereocenters. The standard InChI is InChI=1S/C15H21NO/c1-11(2)9-16-10-13(8-12(3)17)14-6-4-5-7-15(14)16/h4-7,11,13H,8-10H2,1-3H3. The molecular formula is C15H21NO. The van der Waals surface area contributed by atoms with Crippen LogP contribution in [0.2, 0.25) is 0 Å². The minimum Gasteiger partial charge on any atom is -0.370 e. The molecule has 0 aromatic heterocycles. The van der Waals surface area contributed by atoms with E-state index in [9.17, 15) is 4.79 Å². The van der Waals surface area contributed by atoms with Crippen molar-refractivity contribution >= 4 is 11.5 Å². The molecule has 0 saturated carbocycles. The predicted molar refractivity (Wildman–Crippen MR) is 71.5 cm³/mol. The number of anilines is 1. The zero-order valence-corrected chi connectivity index (χ0v) is 10.9. The minimum absolute atomic E-state index is 0.288. The van der Waals surface area contributed by atoms with Gasteiger partial charge in [0, 0.05) is 31.1 Å². The molecule has 0 amide bonds. The number of rotatable bonds is 4. The molecule has 1 aromatic rings. The second-order valence-electron chi connectivity index (χ2n) is 5.46. The van der Waals surface area contributed by atoms with Crippen molar-refractivity contribution in [1.82, 2.24) is 0 Å². The van der Waals surface area contributed by atoms with Crippen LogP contribution in [0, 0.1) is 5.92 Å². The lowest BCUT2D eigenvalue weighted by Gasteiger charge is -2.22. The summed E-state index contributed by atoms with van der Waals surface area (Å²) in [4.78, 5) is 13.7. The molecule has 0 bridgehead atoms. The minimum atomic E-state index is 0.288. The van der Waals surface area contributed by atoms with Crippen LogP contribution in [0.25, 0.3) is 0 Å². The molecule has 0 spiro atoms. The van der Waals surface area contributed by atoms with Gasteiger partial charge in [0.1, 0.15) is 5.78 Å². The summed E-state index contributed by atoms with van der Waals surface area (Å²) in [7, 11) is 0. The zero-order valence-electron chi connectivity index (χ0n) is 10.9. The maximum atomic E-state index is 11.3. The van der Waals surface area contributed by atoms with E-state index in [1.807, 2.05) is 0 Å². The number of Topliss-reactive ketones (excluding diaryl/α,β-unsaturated/α-hetero) is 1. The van der Waals surface area contributed by atoms with E-state index in [-0.39, 0.29) is 5.78 Å². The van der Waals surface area contributed by atoms with Crippen molar-refractivity contribution in [2.45, 2.75) is 33.1 Å². The highest BCUT2D eigenvalue weighted by Gasteiger charge is 2.28. The molecule has 0 aliphatic carbocycles. The maximum Gasteiger partial charge on any atom is 0.130 e. The second-order valence-corrected chi connectivity index (χ2v) is 5.46. The van der Waals surface area contributed by atoms with Crippen LogP contribution in [0.3, 0.4) is 0 Å². The summed E-state index contributed by atoms with van der Waals surface area (Å²) in [6.45, 7) is 8.23. The van der Waals surface area contributed by atoms with Crippen molar-refractivity contribution in [2.75, 3.05) is 18.0 Å². The Morgan fingerprint density at radius 2 is 2.12 bits per heavy atom. The third kappa shape index (κ3) is 2.68. The van der Waals surface area contributed by atoms with Crippen molar-refractivity contribution in [3.05, 3.63) is 29.8 Å². The lowest BCUT2D eigenvalue weighted by atomic mass is 9.96. The molecule has 0 saturated heterocycles. The Balaban J connectivity index is 2.23. The Kier molecular flexibility index (Phi) is 3.51. The monoisotopic (exact) mass is 231 g/mol. The van der Waals surface area contributed by atoms with E-state index < -0.39 is 0 Å². The highest BCUT2D eigenvalue weighted by atomic mass is 16.1. The number of benzene rings is 1. The lowest BCUT2D eigenvalue weighted by molar-refractivity contribution is -0.117. The highest BCUT2D eigenvalue weighted by Crippen LogP contribution is 2.38. The first-order valence-corrected chi connectivity index (χ1v) is 6.41. The molecule has 1 aliphatic heterocycles. The predicted octanol–water partition coefficient (Wildman–Crippen LogP) is 3.23. The fraction of sp³-hybridized carbons (Fsp3) is 0.533. The number of hydrogen-bond donors (Lipinski definition) is 0. The molecule has 0 radical (unpaired) electrons. The van der Waals surface area contributed by atoms with E-state index in [0.29, 0.717) is 18.3 Å². The Hall–Kier alpha value is -1.31. The number of fused-ring (bicyclic) bond motifs is 1. The molecule has 17 heavy (non-hydrogen) atoms. The smallest absolute Gasteiger partial charge is 0.130 e. The average molecular weight is 231 g/mol. The third-order valence-electron chi connectivity index (χ3n) is 3.28. The molecule has 1 heterocycles. The van der Waals surface area contributed by atoms with E-state index >= 15 is 0 Å². The van der Waals surface area contributed by atoms with E-state index in [2.05, 4.69) is 43.0 Å². The molecule has 2 rings (SSSR count). The highest BCUT2D eigenvalue weighted by molar-refractivity contribution is 5.78. The Labute approximate surface area is 104 Å². The van der Waals surface area contributed by atoms with Crippen molar-refractivity contribution < 1.29 is 4.79 Å². The summed E-state index contributed by atoms with van der Waals surface area (Å²) < 4.78 is 0. The van der Waals surface area contributed by atoms with Crippen LogP contribution in [-0.4, -0.2) is 18.9 Å². The van der Waals surface area contributed by atoms with Crippen LogP contribution in [0.1, 0.15) is 38.7 Å². The van der Waals surface area contributed by atoms with Crippen molar-refractivity contribution in [1.29, 1.82) is 0 Å². The van der Waals surface area contributed by atoms with Crippen molar-refractivity contribution in [3.63, 3.8) is 0 Å². The van der Waals surface area contributed by atoms with E-state index in [0.717, 1.165) is 13.1 Å². The van der Waals surface area contributed by atoms with Crippen molar-refractivity contribution in [3.8, 4) is 0 Å². The van der Waals surface area contributed by atoms with Gasteiger partial charge in [0.15, 0.2) is 0 Å². The summed E-state index contributed by atoms with van der Waals surface area (Å²) >= 11 is 0. The first-order chi connectivity index (χ1) is 8.08. The molecule has 0 N–H and O–H groups in total. The van der Waals surface area contributed by atoms with Gasteiger partial charge in [-0.25, -0.2) is 0 Å². The summed E-state index contributed by atoms with van der Waals surface area (Å²) in [5.74, 6) is 1.33. The van der Waals surface area contributed by atoms with Gasteiger partial charge in [-0.1, -0.05) is 32.0 Å². The van der Waals surface area contributed by atoms with E-state index in [4.69, 9.17) is 0 Å². The van der Waals surface area contributed by atoms with Gasteiger partial charge >= 0.3 is 0 Å². The van der Waals surface area contributed by atoms with Crippen LogP contribution in [0.4, 0.5) is 5.69 Å². The fourth-order valence-electron chi connectivity index (χ4n) is 2.72. The Morgan fingerprint density at radius 1 is 1.41 bits per heavy atom. The van der Waals surface area contributed by atoms with Crippen molar-refractivity contribution in [2.24, 2.45) is 5.92 Å². The summed E-state index contributed by atoms with van der Waals surface area (Å²) in [6, 6.07) is 8.51. The summed E-state index contributed by atoms with van der Waals surface area (Å²) in [5.41, 5.74) is 2.68. The van der Waals surface area contributed by atoms with Gasteiger partial charge < -0.3 is 9.69 Å². The SMILES string of the molecule is CC(=O)CC1CN(CC(C)C)c2ccccc21. The van der Waals surface area contributed by atoms with E-state index in [1.165, 1.54) is 11.3 Å². The van der Waals surface area contributed by atoms with Gasteiger partial charge in [-0.05, 0) is 24.5 Å². The molecule has 1 aliphatic rings. The molecule has 1 atom stereocenters. The lowest BCUT2D eigenvalue weighted by Crippen LogP contribution is -2.26. The molecular weight excluding hydrogens is 210 g/mol. The molecule has 92 valence electrons. The van der Waals surface area contributed by atoms with Crippen LogP contribution in [0.15, 0.2) is 24.3 Å². The van der Waals surface area contributed by atoms with Crippen LogP contribution in [-0.2, 0) is 4.79 Å². The van der Waals surface area contributed by atoms with Crippen LogP contribution < -0.4 is 4.90 Å². The third-order valence-corrected chi connectivity index (χ3v) is 3.28. The number of ketones is 1. The molecule has 1 aromatic carbocycles. The fourth-order valence-corrected chi connectivity index (χ4v) is 2.72. The number of hydrogen-bond acceptors (Lipinski definition) is 2. The number of nitrogens with zero attached hydrogens (tertiary/aromatic N) is 1. The van der Waals surface area contributed by atoms with Gasteiger partial charge in [0.2, 0.25) is 0 Å². The number of carbonyl (C=O) groups is 1. The Morgan fingerprint density at radius 3 is 2.76 bits per heavy atom. The van der Waals surface area contributed by atoms with Crippen LogP contribution >= 0.6 is 0 Å². The second kappa shape index (κ2) is 4.91. The van der Waals surface area contributed by atoms with Gasteiger partial charge in [-0.2, -0.15) is 0 Å². The van der Waals surface area contributed by atoms with Gasteiger partial charge in [0.05, 0.1) is 0 Å². The average Bonchev–Trinajstić information content (AvgIpc) is 2.56. The van der Waals surface area contributed by atoms with Gasteiger partial charge in [-0.3, -0.25) is 0 Å². The summed E-state index contributed by atoms with van der Waals surface area (Å²) in [6.07, 6.45) is 0.672. The number of para-hydroxylation sites is 1. The van der Waals surface area contributed by atoms with Gasteiger partial charge in [0.25, 0.3) is 0 Å². The largest absolute Gasteiger partial charge is 0.370 e. The molecule has 0 fully saturated rings. The quantitative estimate of drug-likeness (QED) is 0.793. The maximum absolute atomic E-state index is 11.3. The van der Waals surface area contributed by atoms with Crippen LogP contribution in [0.5, 0.6) is 0 Å². The first kappa shape index (κ1) is 12.2. The van der Waals surface area contributed by atoms with Gasteiger partial charge in [-0.15, -0.1) is 0 Å². The van der Waals surface area contributed by atoms with E-state index in [1.54, 1.807) is 6.92 Å². The zero-order chi connectivity index (χ0) is 12.4. The topological polar surface area (TPSA) is 20.3 Å². The summed E-state index contributed by atoms with van der Waals surface area (Å²) in [5, 5.41) is 0. The normalized spacial score (nSPS) is 18.6. The molecule has 2 nitrogen and oxygen atoms in total. The number of carbonyl (C=O) groups excluding carboxylic acids is 1. The Bertz CT molecular complexity index is 411. The first-order valence-electron chi connectivity index (χ1n) is 6.41. The molecule has 2 heteroatoms.